The number of nitrogens with one attached hydrogen (secondary N) is 1. The number of nitrogens with zero attached hydrogens (tertiary/aromatic N) is 1. The Hall–Kier alpha value is -1.10. The number of fused-ring (bicyclic) bond motifs is 1. The second-order valence-electron chi connectivity index (χ2n) is 10.0. The second kappa shape index (κ2) is 5.71. The number of phenols is 1. The smallest absolute Gasteiger partial charge is 0.119 e. The lowest BCUT2D eigenvalue weighted by Gasteiger charge is -2.61. The van der Waals surface area contributed by atoms with Crippen molar-refractivity contribution in [2.24, 2.45) is 5.92 Å². The Bertz CT molecular complexity index is 772. The van der Waals surface area contributed by atoms with E-state index in [1.54, 1.807) is 0 Å². The molecule has 6 rings (SSSR count). The lowest BCUT2D eigenvalue weighted by Crippen LogP contribution is -2.71. The van der Waals surface area contributed by atoms with Crippen LogP contribution in [0.1, 0.15) is 67.6 Å². The van der Waals surface area contributed by atoms with Crippen molar-refractivity contribution in [2.45, 2.75) is 74.3 Å². The third-order valence-corrected chi connectivity index (χ3v) is 8.45. The molecule has 1 aromatic carbocycles. The molecule has 0 aromatic heterocycles. The number of hydrogen-bond acceptors (Lipinski definition) is 4. The molecule has 2 bridgehead atoms. The Labute approximate surface area is 162 Å². The number of aromatic hydroxyl groups is 1. The van der Waals surface area contributed by atoms with Crippen LogP contribution in [0.5, 0.6) is 5.75 Å². The molecule has 0 amide bonds. The summed E-state index contributed by atoms with van der Waals surface area (Å²) < 4.78 is 0. The van der Waals surface area contributed by atoms with Crippen LogP contribution in [-0.2, 0) is 11.8 Å². The SMILES string of the molecule is Oc1cc2c(cc1C1CC1)CC1N(CC3CC3)CCC23CCNCCC13O. The molecule has 3 N–H and O–H groups in total. The average molecular weight is 369 g/mol. The van der Waals surface area contributed by atoms with Crippen molar-refractivity contribution >= 4 is 0 Å². The number of rotatable bonds is 3. The van der Waals surface area contributed by atoms with Crippen molar-refractivity contribution in [1.82, 2.24) is 10.2 Å². The fourth-order valence-electron chi connectivity index (χ4n) is 6.63. The van der Waals surface area contributed by atoms with Crippen LogP contribution in [0.3, 0.4) is 0 Å². The highest BCUT2D eigenvalue weighted by Gasteiger charge is 2.62. The normalized spacial score (nSPS) is 38.8. The Balaban J connectivity index is 1.50. The van der Waals surface area contributed by atoms with Crippen LogP contribution >= 0.6 is 0 Å². The maximum absolute atomic E-state index is 12.2. The van der Waals surface area contributed by atoms with Crippen LogP contribution in [0.2, 0.25) is 0 Å². The Kier molecular flexibility index (Phi) is 3.56. The molecule has 2 heterocycles. The third kappa shape index (κ3) is 2.39. The summed E-state index contributed by atoms with van der Waals surface area (Å²) in [5.74, 6) is 1.89. The summed E-state index contributed by atoms with van der Waals surface area (Å²) in [6.45, 7) is 4.11. The summed E-state index contributed by atoms with van der Waals surface area (Å²) in [6.07, 6.45) is 8.92. The highest BCUT2D eigenvalue weighted by Crippen LogP contribution is 2.57. The number of hydrogen-bond donors (Lipinski definition) is 3. The molecule has 0 radical (unpaired) electrons. The fourth-order valence-corrected chi connectivity index (χ4v) is 6.63. The molecule has 146 valence electrons. The van der Waals surface area contributed by atoms with Crippen molar-refractivity contribution in [3.63, 3.8) is 0 Å². The molecule has 2 aliphatic heterocycles. The van der Waals surface area contributed by atoms with Crippen molar-refractivity contribution in [1.29, 1.82) is 0 Å². The van der Waals surface area contributed by atoms with Crippen LogP contribution in [0.4, 0.5) is 0 Å². The van der Waals surface area contributed by atoms with Gasteiger partial charge in [-0.3, -0.25) is 4.90 Å². The quantitative estimate of drug-likeness (QED) is 0.768. The van der Waals surface area contributed by atoms with E-state index in [4.69, 9.17) is 0 Å². The largest absolute Gasteiger partial charge is 0.508 e. The zero-order valence-electron chi connectivity index (χ0n) is 16.2. The van der Waals surface area contributed by atoms with Crippen molar-refractivity contribution in [3.8, 4) is 5.75 Å². The average Bonchev–Trinajstić information content (AvgIpc) is 3.53. The van der Waals surface area contributed by atoms with E-state index in [0.717, 1.165) is 56.8 Å². The zero-order chi connectivity index (χ0) is 18.2. The standard InChI is InChI=1S/C23H32N2O2/c26-20-13-19-17(11-18(20)16-3-4-16)12-21-23(27)6-9-24-8-5-22(19,23)7-10-25(21)14-15-1-2-15/h11,13,15-16,21,24,26-27H,1-10,12,14H2. The van der Waals surface area contributed by atoms with Crippen molar-refractivity contribution in [3.05, 3.63) is 28.8 Å². The molecule has 4 nitrogen and oxygen atoms in total. The van der Waals surface area contributed by atoms with Gasteiger partial charge in [-0.1, -0.05) is 6.07 Å². The van der Waals surface area contributed by atoms with Gasteiger partial charge in [0, 0.05) is 18.0 Å². The van der Waals surface area contributed by atoms with Crippen molar-refractivity contribution < 1.29 is 10.2 Å². The predicted molar refractivity (Wildman–Crippen MR) is 105 cm³/mol. The lowest BCUT2D eigenvalue weighted by molar-refractivity contribution is -0.149. The van der Waals surface area contributed by atoms with Gasteiger partial charge in [0.2, 0.25) is 0 Å². The van der Waals surface area contributed by atoms with E-state index in [2.05, 4.69) is 22.3 Å². The first-order chi connectivity index (χ1) is 13.1. The van der Waals surface area contributed by atoms with E-state index in [-0.39, 0.29) is 11.5 Å². The minimum atomic E-state index is -0.676. The van der Waals surface area contributed by atoms with Gasteiger partial charge in [-0.2, -0.15) is 0 Å². The van der Waals surface area contributed by atoms with Gasteiger partial charge in [0.05, 0.1) is 5.60 Å². The zero-order valence-corrected chi connectivity index (χ0v) is 16.2. The number of phenolic OH excluding ortho intramolecular Hbond substituents is 1. The minimum absolute atomic E-state index is 0.200. The van der Waals surface area contributed by atoms with Gasteiger partial charge in [0.1, 0.15) is 5.75 Å². The summed E-state index contributed by atoms with van der Waals surface area (Å²) >= 11 is 0. The molecule has 4 heteroatoms. The Morgan fingerprint density at radius 2 is 1.89 bits per heavy atom. The summed E-state index contributed by atoms with van der Waals surface area (Å²) in [4.78, 5) is 2.63. The minimum Gasteiger partial charge on any atom is -0.508 e. The van der Waals surface area contributed by atoms with Crippen LogP contribution < -0.4 is 5.32 Å². The number of aliphatic hydroxyl groups is 1. The molecule has 0 spiro atoms. The molecule has 1 aromatic rings. The Morgan fingerprint density at radius 1 is 1.07 bits per heavy atom. The highest BCUT2D eigenvalue weighted by molar-refractivity contribution is 5.53. The van der Waals surface area contributed by atoms with Gasteiger partial charge in [0.15, 0.2) is 0 Å². The summed E-state index contributed by atoms with van der Waals surface area (Å²) in [7, 11) is 0. The first-order valence-corrected chi connectivity index (χ1v) is 11.1. The van der Waals surface area contributed by atoms with E-state index in [1.807, 2.05) is 0 Å². The van der Waals surface area contributed by atoms with E-state index < -0.39 is 5.60 Å². The fraction of sp³-hybridized carbons (Fsp3) is 0.739. The van der Waals surface area contributed by atoms with E-state index in [0.29, 0.717) is 11.7 Å². The molecule has 2 saturated heterocycles. The Morgan fingerprint density at radius 3 is 2.67 bits per heavy atom. The predicted octanol–water partition coefficient (Wildman–Crippen LogP) is 2.66. The van der Waals surface area contributed by atoms with Gasteiger partial charge in [-0.05, 0) is 106 Å². The summed E-state index contributed by atoms with van der Waals surface area (Å²) in [6, 6.07) is 4.61. The van der Waals surface area contributed by atoms with Gasteiger partial charge >= 0.3 is 0 Å². The highest BCUT2D eigenvalue weighted by atomic mass is 16.3. The maximum atomic E-state index is 12.2. The molecule has 3 unspecified atom stereocenters. The van der Waals surface area contributed by atoms with E-state index in [9.17, 15) is 10.2 Å². The van der Waals surface area contributed by atoms with Gasteiger partial charge in [-0.15, -0.1) is 0 Å². The molecule has 3 aliphatic carbocycles. The monoisotopic (exact) mass is 368 g/mol. The molecule has 2 saturated carbocycles. The van der Waals surface area contributed by atoms with Crippen LogP contribution in [-0.4, -0.2) is 52.9 Å². The molecule has 4 fully saturated rings. The number of likely N-dealkylation sites (tertiary alicyclic amines) is 1. The first kappa shape index (κ1) is 16.8. The van der Waals surface area contributed by atoms with Crippen LogP contribution in [0.15, 0.2) is 12.1 Å². The molecule has 5 aliphatic rings. The molecule has 27 heavy (non-hydrogen) atoms. The van der Waals surface area contributed by atoms with Gasteiger partial charge in [-0.25, -0.2) is 0 Å². The van der Waals surface area contributed by atoms with E-state index in [1.165, 1.54) is 43.4 Å². The van der Waals surface area contributed by atoms with Crippen molar-refractivity contribution in [2.75, 3.05) is 26.2 Å². The second-order valence-corrected chi connectivity index (χ2v) is 10.0. The van der Waals surface area contributed by atoms with Crippen LogP contribution in [0.25, 0.3) is 0 Å². The van der Waals surface area contributed by atoms with Crippen LogP contribution in [0, 0.1) is 5.92 Å². The lowest BCUT2D eigenvalue weighted by atomic mass is 9.52. The summed E-state index contributed by atoms with van der Waals surface area (Å²) in [5, 5.41) is 26.5. The number of benzene rings is 1. The maximum Gasteiger partial charge on any atom is 0.119 e. The topological polar surface area (TPSA) is 55.7 Å². The first-order valence-electron chi connectivity index (χ1n) is 11.1. The molecular formula is C23H32N2O2. The van der Waals surface area contributed by atoms with E-state index >= 15 is 0 Å². The molecule has 3 atom stereocenters. The third-order valence-electron chi connectivity index (χ3n) is 8.45. The summed E-state index contributed by atoms with van der Waals surface area (Å²) in [5.41, 5.74) is 2.96. The number of piperidine rings is 1. The van der Waals surface area contributed by atoms with Gasteiger partial charge < -0.3 is 15.5 Å². The van der Waals surface area contributed by atoms with Gasteiger partial charge in [0.25, 0.3) is 0 Å². The molecular weight excluding hydrogens is 336 g/mol.